The summed E-state index contributed by atoms with van der Waals surface area (Å²) in [7, 11) is 2.38. The number of aliphatic hydroxyl groups excluding tert-OH is 1. The number of hydrogen-bond donors (Lipinski definition) is 1. The van der Waals surface area contributed by atoms with Crippen LogP contribution in [0.15, 0.2) is 60.7 Å². The summed E-state index contributed by atoms with van der Waals surface area (Å²) in [6, 6.07) is 20.0. The Bertz CT molecular complexity index is 704. The zero-order valence-corrected chi connectivity index (χ0v) is 21.2. The molecule has 0 spiro atoms. The van der Waals surface area contributed by atoms with Crippen molar-refractivity contribution in [2.24, 2.45) is 5.92 Å². The van der Waals surface area contributed by atoms with Crippen molar-refractivity contribution in [3.8, 4) is 0 Å². The molecule has 0 radical (unpaired) electrons. The van der Waals surface area contributed by atoms with E-state index in [4.69, 9.17) is 9.84 Å². The molecule has 3 rings (SSSR count). The van der Waals surface area contributed by atoms with Gasteiger partial charge in [-0.05, 0) is 17.5 Å². The van der Waals surface area contributed by atoms with Gasteiger partial charge in [0, 0.05) is 20.1 Å². The first-order valence-electron chi connectivity index (χ1n) is 11.6. The summed E-state index contributed by atoms with van der Waals surface area (Å²) >= 11 is 0. The predicted octanol–water partition coefficient (Wildman–Crippen LogP) is 6.03. The van der Waals surface area contributed by atoms with Gasteiger partial charge in [-0.25, -0.2) is 0 Å². The Morgan fingerprint density at radius 3 is 1.81 bits per heavy atom. The number of carbonyl (C=O) groups excluding carboxylic acids is 2. The topological polar surface area (TPSA) is 66.8 Å². The van der Waals surface area contributed by atoms with E-state index in [0.29, 0.717) is 13.0 Å². The molecule has 2 aromatic carbocycles. The first kappa shape index (κ1) is 31.5. The Balaban J connectivity index is 0. The maximum atomic E-state index is 12.6. The van der Waals surface area contributed by atoms with Gasteiger partial charge in [0.25, 0.3) is 0 Å². The van der Waals surface area contributed by atoms with Gasteiger partial charge in [0.1, 0.15) is 0 Å². The number of benzene rings is 2. The van der Waals surface area contributed by atoms with E-state index in [2.05, 4.69) is 0 Å². The molecule has 0 aliphatic carbocycles. The van der Waals surface area contributed by atoms with Crippen LogP contribution in [0, 0.1) is 5.92 Å². The number of amides is 1. The van der Waals surface area contributed by atoms with Gasteiger partial charge >= 0.3 is 5.97 Å². The van der Waals surface area contributed by atoms with Crippen LogP contribution in [0.1, 0.15) is 71.6 Å². The van der Waals surface area contributed by atoms with Crippen LogP contribution in [0.4, 0.5) is 0 Å². The molecular weight excluding hydrogens is 402 g/mol. The third-order valence-corrected chi connectivity index (χ3v) is 4.54. The Morgan fingerprint density at radius 2 is 1.34 bits per heavy atom. The number of aliphatic hydroxyl groups is 1. The van der Waals surface area contributed by atoms with Crippen molar-refractivity contribution in [1.82, 2.24) is 4.90 Å². The number of methoxy groups -OCH3 is 1. The average Bonchev–Trinajstić information content (AvgIpc) is 2.90. The van der Waals surface area contributed by atoms with Crippen molar-refractivity contribution >= 4 is 11.9 Å². The number of likely N-dealkylation sites (tertiary alicyclic amines) is 1. The fourth-order valence-electron chi connectivity index (χ4n) is 3.30. The van der Waals surface area contributed by atoms with E-state index in [9.17, 15) is 9.59 Å². The standard InChI is InChI=1S/C20H21NO3.3C2H6.CH4O/c1-24-18(22)13-12-17-19(16-10-6-3-7-11-16)21(20(17)23)14-15-8-4-2-5-9-15;4*1-2/h2-11,17,19H,12-14H2,1H3;3*1-2H3;2H,1H3/t17-,19-;;;;/m1..../s1. The second-order valence-electron chi connectivity index (χ2n) is 6.03. The minimum atomic E-state index is -0.267. The quantitative estimate of drug-likeness (QED) is 0.436. The largest absolute Gasteiger partial charge is 0.469 e. The number of rotatable bonds is 6. The predicted molar refractivity (Wildman–Crippen MR) is 133 cm³/mol. The van der Waals surface area contributed by atoms with Gasteiger partial charge in [-0.2, -0.15) is 0 Å². The fraction of sp³-hybridized carbons (Fsp3) is 0.481. The molecule has 1 N–H and O–H groups in total. The van der Waals surface area contributed by atoms with Gasteiger partial charge in [0.05, 0.1) is 19.1 Å². The van der Waals surface area contributed by atoms with Gasteiger partial charge in [0.15, 0.2) is 0 Å². The third kappa shape index (κ3) is 9.65. The third-order valence-electron chi connectivity index (χ3n) is 4.54. The van der Waals surface area contributed by atoms with E-state index in [1.165, 1.54) is 7.11 Å². The zero-order valence-electron chi connectivity index (χ0n) is 21.2. The highest BCUT2D eigenvalue weighted by Crippen LogP contribution is 2.43. The molecule has 32 heavy (non-hydrogen) atoms. The summed E-state index contributed by atoms with van der Waals surface area (Å²) in [4.78, 5) is 26.0. The van der Waals surface area contributed by atoms with Crippen LogP contribution in [-0.4, -0.2) is 36.1 Å². The summed E-state index contributed by atoms with van der Waals surface area (Å²) in [6.07, 6.45) is 0.797. The Morgan fingerprint density at radius 1 is 0.875 bits per heavy atom. The smallest absolute Gasteiger partial charge is 0.305 e. The van der Waals surface area contributed by atoms with E-state index < -0.39 is 0 Å². The van der Waals surface area contributed by atoms with E-state index in [1.807, 2.05) is 107 Å². The molecule has 0 bridgehead atoms. The van der Waals surface area contributed by atoms with E-state index in [-0.39, 0.29) is 30.3 Å². The molecule has 5 heteroatoms. The molecule has 2 atom stereocenters. The summed E-state index contributed by atoms with van der Waals surface area (Å²) in [5.41, 5.74) is 2.22. The van der Waals surface area contributed by atoms with E-state index in [1.54, 1.807) is 0 Å². The van der Waals surface area contributed by atoms with Crippen LogP contribution in [0.25, 0.3) is 0 Å². The van der Waals surface area contributed by atoms with Crippen molar-refractivity contribution in [1.29, 1.82) is 0 Å². The monoisotopic (exact) mass is 445 g/mol. The fourth-order valence-corrected chi connectivity index (χ4v) is 3.30. The maximum Gasteiger partial charge on any atom is 0.305 e. The highest BCUT2D eigenvalue weighted by molar-refractivity contribution is 5.87. The number of esters is 1. The normalized spacial score (nSPS) is 15.5. The Labute approximate surface area is 195 Å². The number of hydrogen-bond acceptors (Lipinski definition) is 4. The molecule has 180 valence electrons. The summed E-state index contributed by atoms with van der Waals surface area (Å²) in [5.74, 6) is -0.317. The second kappa shape index (κ2) is 20.3. The highest BCUT2D eigenvalue weighted by atomic mass is 16.5. The summed E-state index contributed by atoms with van der Waals surface area (Å²) in [5, 5.41) is 7.00. The number of carbonyl (C=O) groups is 2. The van der Waals surface area contributed by atoms with E-state index in [0.717, 1.165) is 18.2 Å². The molecule has 1 aliphatic rings. The van der Waals surface area contributed by atoms with Gasteiger partial charge < -0.3 is 14.7 Å². The van der Waals surface area contributed by atoms with Crippen molar-refractivity contribution in [3.05, 3.63) is 71.8 Å². The number of β-lactam (4-membered cyclic amide) rings is 1. The van der Waals surface area contributed by atoms with E-state index >= 15 is 0 Å². The Hall–Kier alpha value is -2.66. The molecule has 1 saturated heterocycles. The molecule has 0 aromatic heterocycles. The molecule has 0 unspecified atom stereocenters. The van der Waals surface area contributed by atoms with Gasteiger partial charge in [-0.1, -0.05) is 102 Å². The van der Waals surface area contributed by atoms with Crippen molar-refractivity contribution < 1.29 is 19.4 Å². The summed E-state index contributed by atoms with van der Waals surface area (Å²) < 4.78 is 4.70. The molecule has 1 aliphatic heterocycles. The molecule has 5 nitrogen and oxygen atoms in total. The van der Waals surface area contributed by atoms with Crippen LogP contribution in [0.5, 0.6) is 0 Å². The first-order chi connectivity index (χ1) is 15.7. The lowest BCUT2D eigenvalue weighted by atomic mass is 9.79. The van der Waals surface area contributed by atoms with Crippen molar-refractivity contribution in [2.75, 3.05) is 14.2 Å². The minimum Gasteiger partial charge on any atom is -0.469 e. The minimum absolute atomic E-state index is 0.0172. The van der Waals surface area contributed by atoms with Crippen molar-refractivity contribution in [3.63, 3.8) is 0 Å². The van der Waals surface area contributed by atoms with Crippen molar-refractivity contribution in [2.45, 2.75) is 67.0 Å². The lowest BCUT2D eigenvalue weighted by Crippen LogP contribution is -2.54. The van der Waals surface area contributed by atoms with Gasteiger partial charge in [0.2, 0.25) is 5.91 Å². The van der Waals surface area contributed by atoms with Crippen LogP contribution in [-0.2, 0) is 20.9 Å². The number of nitrogens with zero attached hydrogens (tertiary/aromatic N) is 1. The molecule has 1 fully saturated rings. The Kier molecular flexibility index (Phi) is 20.0. The summed E-state index contributed by atoms with van der Waals surface area (Å²) in [6.45, 7) is 12.6. The maximum absolute atomic E-state index is 12.6. The van der Waals surface area contributed by atoms with Crippen LogP contribution >= 0.6 is 0 Å². The average molecular weight is 446 g/mol. The van der Waals surface area contributed by atoms with Crippen LogP contribution in [0.3, 0.4) is 0 Å². The van der Waals surface area contributed by atoms with Crippen LogP contribution in [0.2, 0.25) is 0 Å². The molecule has 2 aromatic rings. The van der Waals surface area contributed by atoms with Crippen LogP contribution < -0.4 is 0 Å². The highest BCUT2D eigenvalue weighted by Gasteiger charge is 2.47. The SMILES string of the molecule is CC.CC.CC.CO.COC(=O)CC[C@H]1C(=O)N(Cc2ccccc2)[C@@H]1c1ccccc1. The molecule has 1 amide bonds. The first-order valence-corrected chi connectivity index (χ1v) is 11.6. The zero-order chi connectivity index (χ0) is 24.9. The molecule has 1 heterocycles. The lowest BCUT2D eigenvalue weighted by molar-refractivity contribution is -0.159. The lowest BCUT2D eigenvalue weighted by Gasteiger charge is -2.47. The number of ether oxygens (including phenoxy) is 1. The second-order valence-corrected chi connectivity index (χ2v) is 6.03. The van der Waals surface area contributed by atoms with Gasteiger partial charge in [-0.3, -0.25) is 9.59 Å². The molecule has 0 saturated carbocycles. The molecular formula is C27H43NO4. The van der Waals surface area contributed by atoms with Gasteiger partial charge in [-0.15, -0.1) is 0 Å².